The maximum Gasteiger partial charge on any atom is 0.274 e. The van der Waals surface area contributed by atoms with E-state index >= 15 is 0 Å². The van der Waals surface area contributed by atoms with Gasteiger partial charge in [0.05, 0.1) is 18.8 Å². The molecular weight excluding hydrogens is 368 g/mol. The van der Waals surface area contributed by atoms with Gasteiger partial charge in [-0.3, -0.25) is 14.7 Å². The fourth-order valence-electron chi connectivity index (χ4n) is 3.55. The van der Waals surface area contributed by atoms with Gasteiger partial charge in [-0.25, -0.2) is 0 Å². The van der Waals surface area contributed by atoms with E-state index < -0.39 is 0 Å². The molecule has 2 aromatic rings. The minimum absolute atomic E-state index is 0.0137. The van der Waals surface area contributed by atoms with Gasteiger partial charge in [0.2, 0.25) is 5.91 Å². The summed E-state index contributed by atoms with van der Waals surface area (Å²) in [5, 5.41) is 7.16. The normalized spacial score (nSPS) is 13.8. The van der Waals surface area contributed by atoms with Gasteiger partial charge >= 0.3 is 0 Å². The number of fused-ring (bicyclic) bond motifs is 1. The minimum atomic E-state index is -0.133. The van der Waals surface area contributed by atoms with Gasteiger partial charge in [-0.15, -0.1) is 0 Å². The van der Waals surface area contributed by atoms with Gasteiger partial charge in [0.1, 0.15) is 12.4 Å². The molecule has 7 nitrogen and oxygen atoms in total. The molecule has 1 aromatic heterocycles. The number of benzene rings is 1. The lowest BCUT2D eigenvalue weighted by molar-refractivity contribution is -0.129. The number of nitrogens with zero attached hydrogens (tertiary/aromatic N) is 3. The second kappa shape index (κ2) is 8.27. The van der Waals surface area contributed by atoms with E-state index in [0.29, 0.717) is 38.4 Å². The highest BCUT2D eigenvalue weighted by Gasteiger charge is 2.27. The summed E-state index contributed by atoms with van der Waals surface area (Å²) in [5.74, 6) is 0.747. The predicted molar refractivity (Wildman–Crippen MR) is 111 cm³/mol. The van der Waals surface area contributed by atoms with Crippen LogP contribution in [0.3, 0.4) is 0 Å². The number of nitrogens with one attached hydrogen (secondary N) is 1. The molecule has 1 aliphatic heterocycles. The predicted octanol–water partition coefficient (Wildman–Crippen LogP) is 2.76. The fraction of sp³-hybridized carbons (Fsp3) is 0.500. The number of para-hydroxylation sites is 1. The Hall–Kier alpha value is -2.83. The Morgan fingerprint density at radius 2 is 2.00 bits per heavy atom. The van der Waals surface area contributed by atoms with Gasteiger partial charge in [0, 0.05) is 26.1 Å². The molecule has 0 unspecified atom stereocenters. The molecule has 0 aliphatic carbocycles. The molecule has 7 heteroatoms. The summed E-state index contributed by atoms with van der Waals surface area (Å²) in [6.45, 7) is 9.95. The van der Waals surface area contributed by atoms with Crippen molar-refractivity contribution < 1.29 is 14.3 Å². The number of likely N-dealkylation sites (N-methyl/N-ethyl adjacent to an activating group) is 1. The lowest BCUT2D eigenvalue weighted by Crippen LogP contribution is -2.35. The number of rotatable bonds is 5. The van der Waals surface area contributed by atoms with Gasteiger partial charge in [-0.1, -0.05) is 39.0 Å². The molecule has 1 aromatic carbocycles. The molecule has 0 radical (unpaired) electrons. The van der Waals surface area contributed by atoms with Crippen LogP contribution < -0.4 is 4.74 Å². The lowest BCUT2D eigenvalue weighted by Gasteiger charge is -2.26. The SMILES string of the molecule is CC(=O)N1CCc2c(C(=O)N(C)CCOc3ccccc3C(C)(C)C)n[nH]c2C1. The van der Waals surface area contributed by atoms with Crippen LogP contribution in [0.25, 0.3) is 0 Å². The molecule has 0 bridgehead atoms. The maximum atomic E-state index is 12.9. The Balaban J connectivity index is 1.61. The second-order valence-electron chi connectivity index (χ2n) is 8.54. The smallest absolute Gasteiger partial charge is 0.274 e. The number of amides is 2. The monoisotopic (exact) mass is 398 g/mol. The largest absolute Gasteiger partial charge is 0.491 e. The fourth-order valence-corrected chi connectivity index (χ4v) is 3.55. The molecule has 156 valence electrons. The van der Waals surface area contributed by atoms with Crippen molar-refractivity contribution >= 4 is 11.8 Å². The molecule has 0 spiro atoms. The number of hydrogen-bond donors (Lipinski definition) is 1. The summed E-state index contributed by atoms with van der Waals surface area (Å²) in [6.07, 6.45) is 0.635. The molecule has 2 heterocycles. The van der Waals surface area contributed by atoms with Crippen molar-refractivity contribution in [1.29, 1.82) is 0 Å². The van der Waals surface area contributed by atoms with Crippen LogP contribution in [-0.4, -0.2) is 58.6 Å². The van der Waals surface area contributed by atoms with Crippen LogP contribution in [-0.2, 0) is 23.2 Å². The van der Waals surface area contributed by atoms with Crippen molar-refractivity contribution in [2.45, 2.75) is 46.1 Å². The third-order valence-corrected chi connectivity index (χ3v) is 5.31. The van der Waals surface area contributed by atoms with Crippen LogP contribution in [0.15, 0.2) is 24.3 Å². The van der Waals surface area contributed by atoms with Crippen molar-refractivity contribution in [3.8, 4) is 5.75 Å². The summed E-state index contributed by atoms with van der Waals surface area (Å²) < 4.78 is 5.99. The lowest BCUT2D eigenvalue weighted by atomic mass is 9.86. The second-order valence-corrected chi connectivity index (χ2v) is 8.54. The Bertz CT molecular complexity index is 898. The molecule has 2 amide bonds. The number of H-pyrrole nitrogens is 1. The molecule has 1 N–H and O–H groups in total. The van der Waals surface area contributed by atoms with E-state index in [2.05, 4.69) is 37.0 Å². The van der Waals surface area contributed by atoms with Gasteiger partial charge in [-0.05, 0) is 23.5 Å². The zero-order valence-corrected chi connectivity index (χ0v) is 17.9. The van der Waals surface area contributed by atoms with E-state index in [1.165, 1.54) is 0 Å². The molecular formula is C22H30N4O3. The summed E-state index contributed by atoms with van der Waals surface area (Å²) in [6, 6.07) is 8.01. The third-order valence-electron chi connectivity index (χ3n) is 5.31. The highest BCUT2D eigenvalue weighted by molar-refractivity contribution is 5.94. The number of ether oxygens (including phenoxy) is 1. The summed E-state index contributed by atoms with van der Waals surface area (Å²) in [4.78, 5) is 27.8. The van der Waals surface area contributed by atoms with E-state index in [9.17, 15) is 9.59 Å². The highest BCUT2D eigenvalue weighted by atomic mass is 16.5. The summed E-state index contributed by atoms with van der Waals surface area (Å²) in [5.41, 5.74) is 3.34. The summed E-state index contributed by atoms with van der Waals surface area (Å²) >= 11 is 0. The Morgan fingerprint density at radius 3 is 2.69 bits per heavy atom. The Labute approximate surface area is 172 Å². The minimum Gasteiger partial charge on any atom is -0.491 e. The van der Waals surface area contributed by atoms with Crippen LogP contribution in [0, 0.1) is 0 Å². The molecule has 3 rings (SSSR count). The first kappa shape index (κ1) is 20.9. The number of aromatic amines is 1. The zero-order valence-electron chi connectivity index (χ0n) is 17.9. The van der Waals surface area contributed by atoms with Crippen molar-refractivity contribution in [3.63, 3.8) is 0 Å². The Kier molecular flexibility index (Phi) is 5.96. The number of aromatic nitrogens is 2. The maximum absolute atomic E-state index is 12.9. The number of carbonyl (C=O) groups is 2. The zero-order chi connectivity index (χ0) is 21.2. The van der Waals surface area contributed by atoms with E-state index in [1.807, 2.05) is 18.2 Å². The van der Waals surface area contributed by atoms with Crippen molar-refractivity contribution in [1.82, 2.24) is 20.0 Å². The van der Waals surface area contributed by atoms with E-state index in [4.69, 9.17) is 4.74 Å². The molecule has 1 aliphatic rings. The molecule has 0 saturated carbocycles. The topological polar surface area (TPSA) is 78.5 Å². The Morgan fingerprint density at radius 1 is 1.28 bits per heavy atom. The van der Waals surface area contributed by atoms with Crippen molar-refractivity contribution in [2.24, 2.45) is 0 Å². The van der Waals surface area contributed by atoms with Crippen molar-refractivity contribution in [3.05, 3.63) is 46.8 Å². The van der Waals surface area contributed by atoms with Crippen LogP contribution in [0.4, 0.5) is 0 Å². The first-order chi connectivity index (χ1) is 13.7. The van der Waals surface area contributed by atoms with E-state index in [-0.39, 0.29) is 17.2 Å². The third kappa shape index (κ3) is 4.60. The van der Waals surface area contributed by atoms with Crippen molar-refractivity contribution in [2.75, 3.05) is 26.7 Å². The molecule has 0 saturated heterocycles. The van der Waals surface area contributed by atoms with Crippen LogP contribution >= 0.6 is 0 Å². The molecule has 29 heavy (non-hydrogen) atoms. The average molecular weight is 399 g/mol. The standard InChI is InChI=1S/C22H30N4O3/c1-15(27)26-11-10-16-18(14-26)23-24-20(16)21(28)25(5)12-13-29-19-9-7-6-8-17(19)22(2,3)4/h6-9H,10-14H2,1-5H3,(H,23,24). The first-order valence-electron chi connectivity index (χ1n) is 9.98. The van der Waals surface area contributed by atoms with E-state index in [1.54, 1.807) is 23.8 Å². The van der Waals surface area contributed by atoms with Gasteiger partial charge < -0.3 is 14.5 Å². The average Bonchev–Trinajstić information content (AvgIpc) is 3.10. The quantitative estimate of drug-likeness (QED) is 0.840. The van der Waals surface area contributed by atoms with Gasteiger partial charge in [0.25, 0.3) is 5.91 Å². The van der Waals surface area contributed by atoms with Gasteiger partial charge in [-0.2, -0.15) is 5.10 Å². The van der Waals surface area contributed by atoms with E-state index in [0.717, 1.165) is 22.6 Å². The highest BCUT2D eigenvalue weighted by Crippen LogP contribution is 2.30. The first-order valence-corrected chi connectivity index (χ1v) is 9.98. The molecule has 0 atom stereocenters. The number of carbonyl (C=O) groups excluding carboxylic acids is 2. The van der Waals surface area contributed by atoms with Crippen LogP contribution in [0.2, 0.25) is 0 Å². The van der Waals surface area contributed by atoms with Gasteiger partial charge in [0.15, 0.2) is 5.69 Å². The molecule has 0 fully saturated rings. The van der Waals surface area contributed by atoms with Crippen LogP contribution in [0.5, 0.6) is 5.75 Å². The van der Waals surface area contributed by atoms with Crippen LogP contribution in [0.1, 0.15) is 55.0 Å². The summed E-state index contributed by atoms with van der Waals surface area (Å²) in [7, 11) is 1.76. The number of hydrogen-bond acceptors (Lipinski definition) is 4.